The van der Waals surface area contributed by atoms with Gasteiger partial charge in [0.15, 0.2) is 0 Å². The number of rotatable bonds is 6. The Morgan fingerprint density at radius 3 is 2.26 bits per heavy atom. The number of nitrogens with one attached hydrogen (secondary N) is 2. The Kier molecular flexibility index (Phi) is 5.93. The second kappa shape index (κ2) is 9.18. The summed E-state index contributed by atoms with van der Waals surface area (Å²) >= 11 is 0. The van der Waals surface area contributed by atoms with Crippen LogP contribution in [0, 0.1) is 10.7 Å². The van der Waals surface area contributed by atoms with Gasteiger partial charge in [0.2, 0.25) is 10.9 Å². The molecule has 3 aliphatic rings. The first-order chi connectivity index (χ1) is 16.6. The number of benzene rings is 2. The van der Waals surface area contributed by atoms with Gasteiger partial charge >= 0.3 is 0 Å². The van der Waals surface area contributed by atoms with Crippen molar-refractivity contribution in [2.24, 2.45) is 0 Å². The average molecular weight is 462 g/mol. The highest BCUT2D eigenvalue weighted by atomic mass is 16.5. The van der Waals surface area contributed by atoms with Crippen LogP contribution >= 0.6 is 0 Å². The SMILES string of the molecule is COc1ccc(C(=O)N2CCN(CCCn3[nH][nH]c4c(=O)c5ccccc5c(=O)c3=4)CC2)cc1. The molecule has 1 amide bonds. The van der Waals surface area contributed by atoms with Gasteiger partial charge in [-0.15, -0.1) is 0 Å². The number of methoxy groups -OCH3 is 1. The quantitative estimate of drug-likeness (QED) is 0.454. The summed E-state index contributed by atoms with van der Waals surface area (Å²) in [6, 6.07) is 14.1. The lowest BCUT2D eigenvalue weighted by atomic mass is 10.1. The number of piperazine rings is 1. The maximum atomic E-state index is 13.0. The molecule has 2 aromatic rings. The number of carbonyl (C=O) groups excluding carboxylic acids is 1. The molecule has 0 aromatic heterocycles. The number of aryl methyl sites for hydroxylation is 1. The third-order valence-corrected chi connectivity index (χ3v) is 6.53. The van der Waals surface area contributed by atoms with Crippen LogP contribution in [0.25, 0.3) is 10.8 Å². The number of aromatic amines is 2. The van der Waals surface area contributed by atoms with E-state index in [-0.39, 0.29) is 16.8 Å². The van der Waals surface area contributed by atoms with Crippen molar-refractivity contribution in [3.63, 3.8) is 0 Å². The van der Waals surface area contributed by atoms with Crippen molar-refractivity contribution in [2.75, 3.05) is 39.8 Å². The lowest BCUT2D eigenvalue weighted by Gasteiger charge is -2.34. The van der Waals surface area contributed by atoms with Crippen molar-refractivity contribution < 1.29 is 9.53 Å². The normalized spacial score (nSPS) is 14.7. The molecule has 2 aromatic carbocycles. The molecule has 0 unspecified atom stereocenters. The Morgan fingerprint density at radius 2 is 1.59 bits per heavy atom. The van der Waals surface area contributed by atoms with E-state index in [1.807, 2.05) is 4.90 Å². The van der Waals surface area contributed by atoms with E-state index in [4.69, 9.17) is 4.74 Å². The minimum atomic E-state index is -0.169. The first-order valence-corrected chi connectivity index (χ1v) is 11.4. The van der Waals surface area contributed by atoms with Crippen molar-refractivity contribution in [1.29, 1.82) is 0 Å². The summed E-state index contributed by atoms with van der Waals surface area (Å²) in [6.45, 7) is 4.36. The molecule has 2 N–H and O–H groups in total. The predicted octanol–water partition coefficient (Wildman–Crippen LogP) is 1.60. The molecule has 5 rings (SSSR count). The Morgan fingerprint density at radius 1 is 0.912 bits per heavy atom. The fraction of sp³-hybridized carbons (Fsp3) is 0.320. The summed E-state index contributed by atoms with van der Waals surface area (Å²) in [5.41, 5.74) is 0.352. The Balaban J connectivity index is 1.20. The highest BCUT2D eigenvalue weighted by molar-refractivity contribution is 5.94. The number of hydrogen-bond donors (Lipinski definition) is 2. The van der Waals surface area contributed by atoms with Crippen molar-refractivity contribution in [2.45, 2.75) is 13.0 Å². The van der Waals surface area contributed by atoms with Crippen LogP contribution in [0.4, 0.5) is 0 Å². The fourth-order valence-electron chi connectivity index (χ4n) is 4.63. The first kappa shape index (κ1) is 22.0. The van der Waals surface area contributed by atoms with Crippen LogP contribution in [0.2, 0.25) is 0 Å². The molecule has 34 heavy (non-hydrogen) atoms. The minimum Gasteiger partial charge on any atom is -0.497 e. The van der Waals surface area contributed by atoms with E-state index in [1.165, 1.54) is 0 Å². The van der Waals surface area contributed by atoms with Gasteiger partial charge in [-0.2, -0.15) is 0 Å². The third kappa shape index (κ3) is 3.99. The molecule has 9 nitrogen and oxygen atoms in total. The number of H-pyrrole nitrogens is 2. The van der Waals surface area contributed by atoms with E-state index >= 15 is 0 Å². The number of fused-ring (bicyclic) bond motifs is 1. The summed E-state index contributed by atoms with van der Waals surface area (Å²) in [6.07, 6.45) is 0.807. The van der Waals surface area contributed by atoms with Crippen LogP contribution in [0.5, 0.6) is 5.75 Å². The molecule has 1 fully saturated rings. The molecule has 176 valence electrons. The highest BCUT2D eigenvalue weighted by Crippen LogP contribution is 2.14. The minimum absolute atomic E-state index is 0.0369. The van der Waals surface area contributed by atoms with Crippen molar-refractivity contribution in [3.8, 4) is 5.75 Å². The van der Waals surface area contributed by atoms with Crippen LogP contribution in [-0.2, 0) is 6.54 Å². The zero-order valence-corrected chi connectivity index (χ0v) is 19.0. The number of carbonyl (C=O) groups is 1. The van der Waals surface area contributed by atoms with Gasteiger partial charge < -0.3 is 9.64 Å². The van der Waals surface area contributed by atoms with E-state index < -0.39 is 0 Å². The van der Waals surface area contributed by atoms with E-state index in [0.717, 1.165) is 31.8 Å². The molecule has 1 saturated heterocycles. The molecular formula is C25H27N5O4. The van der Waals surface area contributed by atoms with Crippen molar-refractivity contribution >= 4 is 16.7 Å². The van der Waals surface area contributed by atoms with E-state index in [1.54, 1.807) is 60.3 Å². The molecule has 0 spiro atoms. The summed E-state index contributed by atoms with van der Waals surface area (Å²) < 4.78 is 6.89. The molecule has 0 saturated carbocycles. The van der Waals surface area contributed by atoms with Gasteiger partial charge in [-0.3, -0.25) is 29.1 Å². The fourth-order valence-corrected chi connectivity index (χ4v) is 4.63. The monoisotopic (exact) mass is 461 g/mol. The molecule has 0 atom stereocenters. The highest BCUT2D eigenvalue weighted by Gasteiger charge is 2.22. The molecule has 2 aliphatic heterocycles. The maximum Gasteiger partial charge on any atom is 0.253 e. The first-order valence-electron chi connectivity index (χ1n) is 11.4. The Bertz CT molecular complexity index is 1490. The Hall–Kier alpha value is -3.85. The van der Waals surface area contributed by atoms with Gasteiger partial charge in [0.1, 0.15) is 16.4 Å². The zero-order valence-electron chi connectivity index (χ0n) is 19.0. The second-order valence-electron chi connectivity index (χ2n) is 8.53. The topological polar surface area (TPSA) is 103 Å². The van der Waals surface area contributed by atoms with Crippen LogP contribution < -0.4 is 15.6 Å². The predicted molar refractivity (Wildman–Crippen MR) is 128 cm³/mol. The van der Waals surface area contributed by atoms with Gasteiger partial charge in [-0.25, -0.2) is 5.21 Å². The third-order valence-electron chi connectivity index (χ3n) is 6.53. The van der Waals surface area contributed by atoms with Gasteiger partial charge in [0.25, 0.3) is 5.91 Å². The number of aromatic nitrogens is 3. The molecule has 0 bridgehead atoms. The van der Waals surface area contributed by atoms with Gasteiger partial charge in [-0.1, -0.05) is 24.3 Å². The van der Waals surface area contributed by atoms with Crippen molar-refractivity contribution in [1.82, 2.24) is 24.8 Å². The number of hydrogen-bond acceptors (Lipinski definition) is 5. The largest absolute Gasteiger partial charge is 0.497 e. The van der Waals surface area contributed by atoms with E-state index in [2.05, 4.69) is 15.2 Å². The molecule has 2 heterocycles. The zero-order chi connectivity index (χ0) is 23.7. The van der Waals surface area contributed by atoms with Crippen LogP contribution in [0.3, 0.4) is 0 Å². The van der Waals surface area contributed by atoms with Gasteiger partial charge in [0, 0.05) is 55.6 Å². The summed E-state index contributed by atoms with van der Waals surface area (Å²) in [5.74, 6) is 0.769. The lowest BCUT2D eigenvalue weighted by Crippen LogP contribution is -2.48. The summed E-state index contributed by atoms with van der Waals surface area (Å²) in [7, 11) is 1.60. The Labute approximate surface area is 195 Å². The van der Waals surface area contributed by atoms with E-state index in [0.29, 0.717) is 46.7 Å². The van der Waals surface area contributed by atoms with Crippen LogP contribution in [0.15, 0.2) is 58.1 Å². The second-order valence-corrected chi connectivity index (χ2v) is 8.53. The molecular weight excluding hydrogens is 434 g/mol. The summed E-state index contributed by atoms with van der Waals surface area (Å²) in [5, 5.41) is 7.43. The average Bonchev–Trinajstić information content (AvgIpc) is 3.32. The summed E-state index contributed by atoms with van der Waals surface area (Å²) in [4.78, 5) is 42.7. The smallest absolute Gasteiger partial charge is 0.253 e. The maximum absolute atomic E-state index is 13.0. The van der Waals surface area contributed by atoms with E-state index in [9.17, 15) is 14.4 Å². The number of nitrogens with zero attached hydrogens (tertiary/aromatic N) is 3. The number of ether oxygens (including phenoxy) is 1. The molecule has 9 heteroatoms. The van der Waals surface area contributed by atoms with Crippen molar-refractivity contribution in [3.05, 3.63) is 85.2 Å². The standard InChI is InChI=1S/C25H27N5O4/c1-34-18-9-7-17(8-10-18)25(33)29-15-13-28(14-16-29)11-4-12-30-22-21(26-27-30)23(31)19-5-2-3-6-20(19)24(22)32/h2-3,5-10,26-27H,4,11-16H2,1H3. The molecule has 0 radical (unpaired) electrons. The molecule has 1 aliphatic carbocycles. The van der Waals surface area contributed by atoms with Gasteiger partial charge in [0.05, 0.1) is 7.11 Å². The van der Waals surface area contributed by atoms with Gasteiger partial charge in [-0.05, 0) is 30.7 Å². The van der Waals surface area contributed by atoms with Crippen LogP contribution in [0.1, 0.15) is 16.8 Å². The lowest BCUT2D eigenvalue weighted by molar-refractivity contribution is 0.0634. The van der Waals surface area contributed by atoms with Crippen LogP contribution in [-0.4, -0.2) is 70.5 Å². The number of amides is 1.